The summed E-state index contributed by atoms with van der Waals surface area (Å²) in [7, 11) is 0. The molecule has 0 saturated carbocycles. The standard InChI is InChI=1S/C21H22N2O2/c22-20(24)18(14-16-8-3-1-4-9-16)12-7-13-19(21(23)25)15-17-10-5-2-6-11-17/h1-6,8-11,14-15H,7,12-13H2,(H2,22,24)(H2,23,25). The second kappa shape index (κ2) is 9.23. The molecule has 0 fully saturated rings. The van der Waals surface area contributed by atoms with Crippen molar-refractivity contribution in [1.82, 2.24) is 0 Å². The normalized spacial score (nSPS) is 12.0. The van der Waals surface area contributed by atoms with E-state index in [4.69, 9.17) is 11.5 Å². The molecule has 2 amide bonds. The Morgan fingerprint density at radius 1 is 0.680 bits per heavy atom. The van der Waals surface area contributed by atoms with Gasteiger partial charge in [0.2, 0.25) is 11.8 Å². The molecule has 0 bridgehead atoms. The van der Waals surface area contributed by atoms with Gasteiger partial charge in [0.1, 0.15) is 0 Å². The van der Waals surface area contributed by atoms with Crippen LogP contribution in [0.3, 0.4) is 0 Å². The third kappa shape index (κ3) is 6.11. The molecule has 0 unspecified atom stereocenters. The lowest BCUT2D eigenvalue weighted by atomic mass is 10.00. The first-order valence-electron chi connectivity index (χ1n) is 8.17. The zero-order valence-electron chi connectivity index (χ0n) is 14.0. The molecule has 128 valence electrons. The van der Waals surface area contributed by atoms with Crippen LogP contribution in [0.4, 0.5) is 0 Å². The summed E-state index contributed by atoms with van der Waals surface area (Å²) < 4.78 is 0. The quantitative estimate of drug-likeness (QED) is 0.726. The number of carbonyl (C=O) groups is 2. The van der Waals surface area contributed by atoms with Crippen LogP contribution in [0.2, 0.25) is 0 Å². The van der Waals surface area contributed by atoms with E-state index in [0.29, 0.717) is 30.4 Å². The maximum Gasteiger partial charge on any atom is 0.244 e. The Morgan fingerprint density at radius 3 is 1.36 bits per heavy atom. The third-order valence-corrected chi connectivity index (χ3v) is 3.81. The Morgan fingerprint density at radius 2 is 1.04 bits per heavy atom. The lowest BCUT2D eigenvalue weighted by Crippen LogP contribution is -2.16. The summed E-state index contributed by atoms with van der Waals surface area (Å²) in [6, 6.07) is 19.1. The molecule has 0 aliphatic heterocycles. The van der Waals surface area contributed by atoms with Crippen LogP contribution in [0.25, 0.3) is 12.2 Å². The van der Waals surface area contributed by atoms with Crippen molar-refractivity contribution in [2.45, 2.75) is 19.3 Å². The molecule has 0 radical (unpaired) electrons. The average Bonchev–Trinajstić information content (AvgIpc) is 2.61. The highest BCUT2D eigenvalue weighted by atomic mass is 16.1. The summed E-state index contributed by atoms with van der Waals surface area (Å²) in [5.41, 5.74) is 13.9. The largest absolute Gasteiger partial charge is 0.366 e. The van der Waals surface area contributed by atoms with Gasteiger partial charge in [-0.3, -0.25) is 9.59 Å². The lowest BCUT2D eigenvalue weighted by Gasteiger charge is -2.06. The fraction of sp³-hybridized carbons (Fsp3) is 0.143. The minimum Gasteiger partial charge on any atom is -0.366 e. The maximum atomic E-state index is 11.7. The van der Waals surface area contributed by atoms with Crippen molar-refractivity contribution in [3.63, 3.8) is 0 Å². The fourth-order valence-electron chi connectivity index (χ4n) is 2.50. The molecule has 25 heavy (non-hydrogen) atoms. The highest BCUT2D eigenvalue weighted by Crippen LogP contribution is 2.17. The van der Waals surface area contributed by atoms with Crippen LogP contribution in [0.1, 0.15) is 30.4 Å². The molecule has 4 nitrogen and oxygen atoms in total. The van der Waals surface area contributed by atoms with Crippen molar-refractivity contribution < 1.29 is 9.59 Å². The van der Waals surface area contributed by atoms with Gasteiger partial charge in [0, 0.05) is 11.1 Å². The van der Waals surface area contributed by atoms with E-state index in [9.17, 15) is 9.59 Å². The Labute approximate surface area is 147 Å². The first kappa shape index (κ1) is 18.2. The fourth-order valence-corrected chi connectivity index (χ4v) is 2.50. The van der Waals surface area contributed by atoms with Crippen LogP contribution in [-0.2, 0) is 9.59 Å². The van der Waals surface area contributed by atoms with Gasteiger partial charge in [-0.25, -0.2) is 0 Å². The Bertz CT molecular complexity index is 711. The van der Waals surface area contributed by atoms with Crippen molar-refractivity contribution in [3.8, 4) is 0 Å². The van der Waals surface area contributed by atoms with E-state index in [1.54, 1.807) is 12.2 Å². The summed E-state index contributed by atoms with van der Waals surface area (Å²) in [5.74, 6) is -0.895. The van der Waals surface area contributed by atoms with Crippen LogP contribution in [0.5, 0.6) is 0 Å². The molecule has 0 saturated heterocycles. The van der Waals surface area contributed by atoms with Gasteiger partial charge < -0.3 is 11.5 Å². The zero-order valence-corrected chi connectivity index (χ0v) is 14.0. The first-order chi connectivity index (χ1) is 12.1. The van der Waals surface area contributed by atoms with E-state index < -0.39 is 11.8 Å². The summed E-state index contributed by atoms with van der Waals surface area (Å²) in [4.78, 5) is 23.3. The number of primary amides is 2. The van der Waals surface area contributed by atoms with Gasteiger partial charge in [0.15, 0.2) is 0 Å². The van der Waals surface area contributed by atoms with Gasteiger partial charge in [-0.15, -0.1) is 0 Å². The molecule has 0 heterocycles. The van der Waals surface area contributed by atoms with E-state index in [1.165, 1.54) is 0 Å². The zero-order chi connectivity index (χ0) is 18.1. The highest BCUT2D eigenvalue weighted by Gasteiger charge is 2.09. The summed E-state index contributed by atoms with van der Waals surface area (Å²) in [6.07, 6.45) is 5.16. The summed E-state index contributed by atoms with van der Waals surface area (Å²) >= 11 is 0. The van der Waals surface area contributed by atoms with Crippen molar-refractivity contribution >= 4 is 24.0 Å². The SMILES string of the molecule is NC(=O)C(=Cc1ccccc1)CCCC(=Cc1ccccc1)C(N)=O. The summed E-state index contributed by atoms with van der Waals surface area (Å²) in [6.45, 7) is 0. The number of nitrogens with two attached hydrogens (primary N) is 2. The van der Waals surface area contributed by atoms with Crippen LogP contribution < -0.4 is 11.5 Å². The Balaban J connectivity index is 2.05. The van der Waals surface area contributed by atoms with E-state index in [2.05, 4.69) is 0 Å². The van der Waals surface area contributed by atoms with Gasteiger partial charge >= 0.3 is 0 Å². The van der Waals surface area contributed by atoms with Crippen LogP contribution in [-0.4, -0.2) is 11.8 Å². The third-order valence-electron chi connectivity index (χ3n) is 3.81. The number of hydrogen-bond acceptors (Lipinski definition) is 2. The Kier molecular flexibility index (Phi) is 6.72. The molecule has 0 aromatic heterocycles. The molecule has 0 aliphatic rings. The monoisotopic (exact) mass is 334 g/mol. The van der Waals surface area contributed by atoms with Gasteiger partial charge in [-0.05, 0) is 42.5 Å². The first-order valence-corrected chi connectivity index (χ1v) is 8.17. The van der Waals surface area contributed by atoms with Crippen LogP contribution in [0, 0.1) is 0 Å². The molecule has 0 atom stereocenters. The second-order valence-corrected chi connectivity index (χ2v) is 5.74. The van der Waals surface area contributed by atoms with Gasteiger partial charge in [0.05, 0.1) is 0 Å². The van der Waals surface area contributed by atoms with E-state index in [-0.39, 0.29) is 0 Å². The van der Waals surface area contributed by atoms with E-state index in [1.807, 2.05) is 60.7 Å². The molecule has 2 aromatic carbocycles. The smallest absolute Gasteiger partial charge is 0.244 e. The van der Waals surface area contributed by atoms with E-state index in [0.717, 1.165) is 11.1 Å². The molecule has 0 spiro atoms. The molecular weight excluding hydrogens is 312 g/mol. The topological polar surface area (TPSA) is 86.2 Å². The second-order valence-electron chi connectivity index (χ2n) is 5.74. The Hall–Kier alpha value is -3.14. The molecule has 4 N–H and O–H groups in total. The van der Waals surface area contributed by atoms with Gasteiger partial charge in [0.25, 0.3) is 0 Å². The maximum absolute atomic E-state index is 11.7. The van der Waals surface area contributed by atoms with Crippen LogP contribution in [0.15, 0.2) is 71.8 Å². The average molecular weight is 334 g/mol. The highest BCUT2D eigenvalue weighted by molar-refractivity contribution is 5.97. The summed E-state index contributed by atoms with van der Waals surface area (Å²) in [5, 5.41) is 0. The van der Waals surface area contributed by atoms with Crippen molar-refractivity contribution in [2.24, 2.45) is 11.5 Å². The minimum absolute atomic E-state index is 0.448. The van der Waals surface area contributed by atoms with Crippen molar-refractivity contribution in [2.75, 3.05) is 0 Å². The molecule has 2 aromatic rings. The number of amides is 2. The van der Waals surface area contributed by atoms with E-state index >= 15 is 0 Å². The molecule has 4 heteroatoms. The molecule has 2 rings (SSSR count). The molecule has 0 aliphatic carbocycles. The minimum atomic E-state index is -0.448. The predicted octanol–water partition coefficient (Wildman–Crippen LogP) is 3.29. The van der Waals surface area contributed by atoms with Gasteiger partial charge in [-0.1, -0.05) is 60.7 Å². The van der Waals surface area contributed by atoms with Gasteiger partial charge in [-0.2, -0.15) is 0 Å². The molecular formula is C21H22N2O2. The predicted molar refractivity (Wildman–Crippen MR) is 101 cm³/mol. The van der Waals surface area contributed by atoms with Crippen molar-refractivity contribution in [3.05, 3.63) is 82.9 Å². The van der Waals surface area contributed by atoms with Crippen LogP contribution >= 0.6 is 0 Å². The number of hydrogen-bond donors (Lipinski definition) is 2. The number of rotatable bonds is 8. The lowest BCUT2D eigenvalue weighted by molar-refractivity contribution is -0.115. The number of carbonyl (C=O) groups excluding carboxylic acids is 2. The number of benzene rings is 2. The van der Waals surface area contributed by atoms with Crippen molar-refractivity contribution in [1.29, 1.82) is 0 Å².